The molecule has 0 bridgehead atoms. The van der Waals surface area contributed by atoms with Crippen molar-refractivity contribution in [3.8, 4) is 0 Å². The second-order valence-corrected chi connectivity index (χ2v) is 4.06. The van der Waals surface area contributed by atoms with E-state index in [9.17, 15) is 0 Å². The zero-order valence-electron chi connectivity index (χ0n) is 6.41. The molecule has 0 aliphatic heterocycles. The Morgan fingerprint density at radius 3 is 2.60 bits per heavy atom. The number of nitrogens with one attached hydrogen (secondary N) is 1. The molecule has 0 aromatic heterocycles. The fourth-order valence-corrected chi connectivity index (χ4v) is 1.88. The maximum absolute atomic E-state index is 3.58. The van der Waals surface area contributed by atoms with E-state index in [1.807, 2.05) is 0 Å². The zero-order chi connectivity index (χ0) is 7.23. The Bertz CT molecular complexity index is 79.3. The van der Waals surface area contributed by atoms with E-state index in [1.54, 1.807) is 0 Å². The van der Waals surface area contributed by atoms with Crippen molar-refractivity contribution in [2.75, 3.05) is 11.0 Å². The third-order valence-electron chi connectivity index (χ3n) is 2.10. The molecule has 1 nitrogen and oxygen atoms in total. The van der Waals surface area contributed by atoms with Gasteiger partial charge in [0, 0.05) is 10.5 Å². The lowest BCUT2D eigenvalue weighted by molar-refractivity contribution is 0.525. The highest BCUT2D eigenvalue weighted by Crippen LogP contribution is 2.17. The van der Waals surface area contributed by atoms with E-state index < -0.39 is 0 Å². The summed E-state index contributed by atoms with van der Waals surface area (Å²) in [6.07, 6.45) is 7.06. The first-order valence-corrected chi connectivity index (χ1v) is 5.75. The fraction of sp³-hybridized carbons (Fsp3) is 1.00. The summed E-state index contributed by atoms with van der Waals surface area (Å²) in [6.45, 7) is 1.23. The Kier molecular flexibility index (Phi) is 4.70. The monoisotopic (exact) mass is 253 g/mol. The second kappa shape index (κ2) is 5.35. The van der Waals surface area contributed by atoms with Crippen molar-refractivity contribution in [3.05, 3.63) is 0 Å². The lowest BCUT2D eigenvalue weighted by Gasteiger charge is -2.09. The van der Waals surface area contributed by atoms with Crippen LogP contribution in [0.1, 0.15) is 32.1 Å². The summed E-state index contributed by atoms with van der Waals surface area (Å²) < 4.78 is 1.29. The van der Waals surface area contributed by atoms with Crippen LogP contribution in [0.5, 0.6) is 0 Å². The second-order valence-electron chi connectivity index (χ2n) is 2.98. The van der Waals surface area contributed by atoms with Crippen LogP contribution in [0.15, 0.2) is 0 Å². The van der Waals surface area contributed by atoms with Crippen molar-refractivity contribution in [1.29, 1.82) is 0 Å². The fourth-order valence-electron chi connectivity index (χ4n) is 1.50. The molecule has 2 heteroatoms. The number of alkyl halides is 1. The third kappa shape index (κ3) is 3.19. The predicted octanol–water partition coefficient (Wildman–Crippen LogP) is 2.34. The molecule has 0 unspecified atom stereocenters. The van der Waals surface area contributed by atoms with Crippen LogP contribution in [0, 0.1) is 0 Å². The quantitative estimate of drug-likeness (QED) is 0.460. The molecule has 0 spiro atoms. The minimum atomic E-state index is 0.864. The van der Waals surface area contributed by atoms with Crippen LogP contribution < -0.4 is 5.32 Å². The van der Waals surface area contributed by atoms with Gasteiger partial charge in [0.2, 0.25) is 0 Å². The lowest BCUT2D eigenvalue weighted by atomic mass is 10.2. The molecule has 60 valence electrons. The van der Waals surface area contributed by atoms with E-state index in [0.717, 1.165) is 6.04 Å². The van der Waals surface area contributed by atoms with Gasteiger partial charge in [-0.3, -0.25) is 0 Å². The molecule has 1 saturated carbocycles. The number of rotatable bonds is 4. The van der Waals surface area contributed by atoms with Crippen LogP contribution in [-0.2, 0) is 0 Å². The summed E-state index contributed by atoms with van der Waals surface area (Å²) in [6, 6.07) is 0.864. The molecule has 0 atom stereocenters. The van der Waals surface area contributed by atoms with Gasteiger partial charge < -0.3 is 5.32 Å². The average Bonchev–Trinajstić information content (AvgIpc) is 2.41. The van der Waals surface area contributed by atoms with E-state index in [0.29, 0.717) is 0 Å². The molecule has 10 heavy (non-hydrogen) atoms. The molecular weight excluding hydrogens is 237 g/mol. The summed E-state index contributed by atoms with van der Waals surface area (Å²) in [5.41, 5.74) is 0. The number of halogens is 1. The summed E-state index contributed by atoms with van der Waals surface area (Å²) in [4.78, 5) is 0. The molecule has 0 aromatic rings. The van der Waals surface area contributed by atoms with Crippen molar-refractivity contribution in [2.24, 2.45) is 0 Å². The Balaban J connectivity index is 1.91. The third-order valence-corrected chi connectivity index (χ3v) is 2.86. The van der Waals surface area contributed by atoms with E-state index in [1.165, 1.54) is 43.1 Å². The van der Waals surface area contributed by atoms with Crippen LogP contribution in [0.3, 0.4) is 0 Å². The maximum Gasteiger partial charge on any atom is 0.00670 e. The molecule has 1 aliphatic carbocycles. The van der Waals surface area contributed by atoms with E-state index in [4.69, 9.17) is 0 Å². The molecule has 0 heterocycles. The molecular formula is C8H16IN. The number of hydrogen-bond acceptors (Lipinski definition) is 1. The molecule has 0 saturated heterocycles. The summed E-state index contributed by atoms with van der Waals surface area (Å²) >= 11 is 2.43. The van der Waals surface area contributed by atoms with Crippen molar-refractivity contribution in [2.45, 2.75) is 38.1 Å². The smallest absolute Gasteiger partial charge is 0.00670 e. The van der Waals surface area contributed by atoms with Gasteiger partial charge in [0.1, 0.15) is 0 Å². The van der Waals surface area contributed by atoms with Gasteiger partial charge in [-0.2, -0.15) is 0 Å². The first-order chi connectivity index (χ1) is 4.93. The Morgan fingerprint density at radius 2 is 2.00 bits per heavy atom. The van der Waals surface area contributed by atoms with Crippen LogP contribution in [0.25, 0.3) is 0 Å². The van der Waals surface area contributed by atoms with Gasteiger partial charge in [0.25, 0.3) is 0 Å². The summed E-state index contributed by atoms with van der Waals surface area (Å²) in [5, 5.41) is 3.58. The molecule has 1 rings (SSSR count). The first kappa shape index (κ1) is 8.78. The summed E-state index contributed by atoms with van der Waals surface area (Å²) in [5.74, 6) is 0. The highest BCUT2D eigenvalue weighted by Gasteiger charge is 2.12. The molecule has 0 radical (unpaired) electrons. The molecule has 1 aliphatic rings. The van der Waals surface area contributed by atoms with Crippen molar-refractivity contribution in [1.82, 2.24) is 5.32 Å². The van der Waals surface area contributed by atoms with Gasteiger partial charge >= 0.3 is 0 Å². The number of hydrogen-bond donors (Lipinski definition) is 1. The topological polar surface area (TPSA) is 12.0 Å². The van der Waals surface area contributed by atoms with Crippen LogP contribution in [-0.4, -0.2) is 17.0 Å². The molecule has 0 aromatic carbocycles. The zero-order valence-corrected chi connectivity index (χ0v) is 8.56. The van der Waals surface area contributed by atoms with Crippen LogP contribution in [0.2, 0.25) is 0 Å². The van der Waals surface area contributed by atoms with Crippen molar-refractivity contribution >= 4 is 22.6 Å². The lowest BCUT2D eigenvalue weighted by Crippen LogP contribution is -2.26. The highest BCUT2D eigenvalue weighted by molar-refractivity contribution is 14.1. The Hall–Kier alpha value is 0.690. The molecule has 1 N–H and O–H groups in total. The largest absolute Gasteiger partial charge is 0.314 e. The normalized spacial score (nSPS) is 20.1. The van der Waals surface area contributed by atoms with E-state index >= 15 is 0 Å². The van der Waals surface area contributed by atoms with Gasteiger partial charge in [-0.25, -0.2) is 0 Å². The standard InChI is InChI=1S/C8H16IN/c9-6-3-7-10-8-4-1-2-5-8/h8,10H,1-7H2. The highest BCUT2D eigenvalue weighted by atomic mass is 127. The SMILES string of the molecule is ICCCNC1CCCC1. The van der Waals surface area contributed by atoms with Crippen molar-refractivity contribution in [3.63, 3.8) is 0 Å². The average molecular weight is 253 g/mol. The van der Waals surface area contributed by atoms with Gasteiger partial charge in [0.05, 0.1) is 0 Å². The van der Waals surface area contributed by atoms with Gasteiger partial charge in [-0.05, 0) is 25.8 Å². The van der Waals surface area contributed by atoms with E-state index in [-0.39, 0.29) is 0 Å². The predicted molar refractivity (Wildman–Crippen MR) is 53.8 cm³/mol. The van der Waals surface area contributed by atoms with Crippen LogP contribution >= 0.6 is 22.6 Å². The van der Waals surface area contributed by atoms with E-state index in [2.05, 4.69) is 27.9 Å². The van der Waals surface area contributed by atoms with Gasteiger partial charge in [-0.15, -0.1) is 0 Å². The Labute approximate surface area is 77.1 Å². The summed E-state index contributed by atoms with van der Waals surface area (Å²) in [7, 11) is 0. The molecule has 0 amide bonds. The van der Waals surface area contributed by atoms with Gasteiger partial charge in [0.15, 0.2) is 0 Å². The minimum absolute atomic E-state index is 0.864. The maximum atomic E-state index is 3.58. The first-order valence-electron chi connectivity index (χ1n) is 4.23. The van der Waals surface area contributed by atoms with Gasteiger partial charge in [-0.1, -0.05) is 35.4 Å². The van der Waals surface area contributed by atoms with Crippen LogP contribution in [0.4, 0.5) is 0 Å². The Morgan fingerprint density at radius 1 is 1.30 bits per heavy atom. The molecule has 1 fully saturated rings. The van der Waals surface area contributed by atoms with Crippen molar-refractivity contribution < 1.29 is 0 Å². The minimum Gasteiger partial charge on any atom is -0.314 e.